The predicted molar refractivity (Wildman–Crippen MR) is 165 cm³/mol. The summed E-state index contributed by atoms with van der Waals surface area (Å²) >= 11 is 2.17. The molecule has 5 rings (SSSR count). The van der Waals surface area contributed by atoms with Crippen molar-refractivity contribution in [1.29, 1.82) is 0 Å². The summed E-state index contributed by atoms with van der Waals surface area (Å²) in [6.45, 7) is 6.11. The van der Waals surface area contributed by atoms with Crippen LogP contribution in [0.1, 0.15) is 61.4 Å². The van der Waals surface area contributed by atoms with Gasteiger partial charge in [0.1, 0.15) is 0 Å². The summed E-state index contributed by atoms with van der Waals surface area (Å²) < 4.78 is 12.4. The van der Waals surface area contributed by atoms with Crippen LogP contribution in [0.4, 0.5) is 17.8 Å². The molecule has 2 aliphatic heterocycles. The quantitative estimate of drug-likeness (QED) is 0.105. The number of nitrogens with one attached hydrogen (secondary N) is 1. The van der Waals surface area contributed by atoms with E-state index >= 15 is 0 Å². The van der Waals surface area contributed by atoms with Gasteiger partial charge in [-0.2, -0.15) is 20.1 Å². The monoisotopic (exact) mass is 655 g/mol. The predicted octanol–water partition coefficient (Wildman–Crippen LogP) is 5.52. The molecule has 2 aromatic carbocycles. The number of anilines is 3. The van der Waals surface area contributed by atoms with E-state index in [1.807, 2.05) is 25.1 Å². The van der Waals surface area contributed by atoms with Crippen LogP contribution >= 0.6 is 22.6 Å². The first kappa shape index (κ1) is 28.1. The Balaban J connectivity index is 1.32. The maximum absolute atomic E-state index is 12.7. The fraction of sp³-hybridized carbons (Fsp3) is 0.414. The minimum atomic E-state index is -0.439. The molecule has 0 aliphatic carbocycles. The second kappa shape index (κ2) is 13.7. The highest BCUT2D eigenvalue weighted by Crippen LogP contribution is 2.29. The third-order valence-electron chi connectivity index (χ3n) is 6.80. The maximum atomic E-state index is 12.7. The Morgan fingerprint density at radius 3 is 2.23 bits per heavy atom. The summed E-state index contributed by atoms with van der Waals surface area (Å²) in [5, 5.41) is 4.40. The number of halogens is 1. The van der Waals surface area contributed by atoms with E-state index in [0.29, 0.717) is 41.5 Å². The van der Waals surface area contributed by atoms with Gasteiger partial charge in [0.05, 0.1) is 18.4 Å². The van der Waals surface area contributed by atoms with Gasteiger partial charge in [0.15, 0.2) is 11.5 Å². The van der Waals surface area contributed by atoms with Crippen molar-refractivity contribution in [3.05, 3.63) is 57.2 Å². The highest BCUT2D eigenvalue weighted by atomic mass is 127. The molecule has 40 heavy (non-hydrogen) atoms. The van der Waals surface area contributed by atoms with E-state index in [4.69, 9.17) is 14.5 Å². The molecule has 0 unspecified atom stereocenters. The van der Waals surface area contributed by atoms with Gasteiger partial charge in [0.2, 0.25) is 17.8 Å². The van der Waals surface area contributed by atoms with Crippen LogP contribution in [-0.2, 0) is 0 Å². The molecular formula is C29H34IN7O3. The van der Waals surface area contributed by atoms with Gasteiger partial charge in [-0.05, 0) is 110 Å². The highest BCUT2D eigenvalue weighted by molar-refractivity contribution is 14.1. The van der Waals surface area contributed by atoms with Crippen LogP contribution in [0, 0.1) is 3.57 Å². The standard InChI is InChI=1S/C29H34IN7O3/c1-2-39-25-18-21(12-13-24(25)40-26(38)22-10-9-11-23(30)19-22)20-31-35-27-32-28(36-14-5-3-6-15-36)34-29(33-27)37-16-7-4-8-17-37/h9-13,18-20H,2-8,14-17H2,1H3,(H,32,33,34,35). The summed E-state index contributed by atoms with van der Waals surface area (Å²) in [5.74, 6) is 2.19. The topological polar surface area (TPSA) is 105 Å². The molecule has 1 aromatic heterocycles. The Hall–Kier alpha value is -3.48. The number of hydrogen-bond acceptors (Lipinski definition) is 10. The van der Waals surface area contributed by atoms with Crippen LogP contribution in [0.3, 0.4) is 0 Å². The Labute approximate surface area is 248 Å². The van der Waals surface area contributed by atoms with E-state index in [9.17, 15) is 4.79 Å². The van der Waals surface area contributed by atoms with Crippen LogP contribution < -0.4 is 24.7 Å². The van der Waals surface area contributed by atoms with Crippen LogP contribution in [0.15, 0.2) is 47.6 Å². The number of hydrogen-bond donors (Lipinski definition) is 1. The third-order valence-corrected chi connectivity index (χ3v) is 7.47. The van der Waals surface area contributed by atoms with Crippen molar-refractivity contribution in [3.8, 4) is 11.5 Å². The number of esters is 1. The Kier molecular flexibility index (Phi) is 9.63. The molecule has 0 saturated carbocycles. The first-order chi connectivity index (χ1) is 19.6. The Morgan fingerprint density at radius 1 is 0.925 bits per heavy atom. The van der Waals surface area contributed by atoms with E-state index < -0.39 is 5.97 Å². The zero-order chi connectivity index (χ0) is 27.7. The lowest BCUT2D eigenvalue weighted by molar-refractivity contribution is 0.0728. The van der Waals surface area contributed by atoms with Crippen molar-refractivity contribution >= 4 is 52.6 Å². The molecule has 10 nitrogen and oxygen atoms in total. The maximum Gasteiger partial charge on any atom is 0.343 e. The summed E-state index contributed by atoms with van der Waals surface area (Å²) in [5.41, 5.74) is 4.26. The van der Waals surface area contributed by atoms with Gasteiger partial charge in [-0.25, -0.2) is 10.2 Å². The second-order valence-electron chi connectivity index (χ2n) is 9.76. The molecule has 2 saturated heterocycles. The van der Waals surface area contributed by atoms with E-state index in [1.54, 1.807) is 30.5 Å². The van der Waals surface area contributed by atoms with Crippen LogP contribution in [0.5, 0.6) is 11.5 Å². The smallest absolute Gasteiger partial charge is 0.343 e. The molecule has 0 bridgehead atoms. The van der Waals surface area contributed by atoms with Crippen LogP contribution in [0.2, 0.25) is 0 Å². The molecule has 3 heterocycles. The molecule has 0 atom stereocenters. The average Bonchev–Trinajstić information content (AvgIpc) is 2.99. The summed E-state index contributed by atoms with van der Waals surface area (Å²) in [4.78, 5) is 31.3. The molecule has 2 aliphatic rings. The largest absolute Gasteiger partial charge is 0.490 e. The summed E-state index contributed by atoms with van der Waals surface area (Å²) in [7, 11) is 0. The lowest BCUT2D eigenvalue weighted by Gasteiger charge is -2.30. The zero-order valence-electron chi connectivity index (χ0n) is 22.7. The van der Waals surface area contributed by atoms with Crippen molar-refractivity contribution < 1.29 is 14.3 Å². The molecule has 0 amide bonds. The number of carbonyl (C=O) groups excluding carboxylic acids is 1. The van der Waals surface area contributed by atoms with E-state index in [2.05, 4.69) is 52.9 Å². The molecule has 2 fully saturated rings. The van der Waals surface area contributed by atoms with Gasteiger partial charge in [0, 0.05) is 29.7 Å². The minimum absolute atomic E-state index is 0.352. The normalized spacial score (nSPS) is 15.8. The lowest BCUT2D eigenvalue weighted by atomic mass is 10.1. The van der Waals surface area contributed by atoms with Gasteiger partial charge in [-0.1, -0.05) is 6.07 Å². The van der Waals surface area contributed by atoms with Gasteiger partial charge in [-0.15, -0.1) is 0 Å². The number of rotatable bonds is 9. The van der Waals surface area contributed by atoms with Crippen molar-refractivity contribution in [2.75, 3.05) is 48.0 Å². The number of nitrogens with zero attached hydrogens (tertiary/aromatic N) is 6. The van der Waals surface area contributed by atoms with E-state index in [-0.39, 0.29) is 0 Å². The molecule has 0 radical (unpaired) electrons. The Morgan fingerprint density at radius 2 is 1.60 bits per heavy atom. The number of aromatic nitrogens is 3. The van der Waals surface area contributed by atoms with Crippen molar-refractivity contribution in [1.82, 2.24) is 15.0 Å². The van der Waals surface area contributed by atoms with Gasteiger partial charge in [0.25, 0.3) is 0 Å². The molecular weight excluding hydrogens is 621 g/mol. The lowest BCUT2D eigenvalue weighted by Crippen LogP contribution is -2.34. The molecule has 3 aromatic rings. The number of piperidine rings is 2. The van der Waals surface area contributed by atoms with Crippen molar-refractivity contribution in [2.45, 2.75) is 45.4 Å². The number of benzene rings is 2. The SMILES string of the molecule is CCOc1cc(C=NNc2nc(N3CCCCC3)nc(N3CCCCC3)n2)ccc1OC(=O)c1cccc(I)c1. The second-order valence-corrected chi connectivity index (χ2v) is 11.0. The van der Waals surface area contributed by atoms with Crippen LogP contribution in [0.25, 0.3) is 0 Å². The fourth-order valence-corrected chi connectivity index (χ4v) is 5.31. The van der Waals surface area contributed by atoms with Gasteiger partial charge in [-0.3, -0.25) is 0 Å². The first-order valence-corrected chi connectivity index (χ1v) is 15.0. The zero-order valence-corrected chi connectivity index (χ0v) is 24.8. The van der Waals surface area contributed by atoms with Gasteiger partial charge < -0.3 is 19.3 Å². The molecule has 11 heteroatoms. The Bertz CT molecular complexity index is 1300. The average molecular weight is 656 g/mol. The summed E-state index contributed by atoms with van der Waals surface area (Å²) in [6.07, 6.45) is 8.71. The van der Waals surface area contributed by atoms with E-state index in [1.165, 1.54) is 12.8 Å². The first-order valence-electron chi connectivity index (χ1n) is 13.9. The van der Waals surface area contributed by atoms with Gasteiger partial charge >= 0.3 is 5.97 Å². The highest BCUT2D eigenvalue weighted by Gasteiger charge is 2.20. The number of ether oxygens (including phenoxy) is 2. The number of hydrazone groups is 1. The molecule has 1 N–H and O–H groups in total. The number of carbonyl (C=O) groups is 1. The molecule has 210 valence electrons. The van der Waals surface area contributed by atoms with E-state index in [0.717, 1.165) is 61.0 Å². The molecule has 0 spiro atoms. The third kappa shape index (κ3) is 7.38. The fourth-order valence-electron chi connectivity index (χ4n) is 4.77. The van der Waals surface area contributed by atoms with Crippen molar-refractivity contribution in [2.24, 2.45) is 5.10 Å². The summed E-state index contributed by atoms with van der Waals surface area (Å²) in [6, 6.07) is 12.6. The minimum Gasteiger partial charge on any atom is -0.490 e. The van der Waals surface area contributed by atoms with Crippen LogP contribution in [-0.4, -0.2) is 59.9 Å². The van der Waals surface area contributed by atoms with Crippen molar-refractivity contribution in [3.63, 3.8) is 0 Å².